The fourth-order valence-electron chi connectivity index (χ4n) is 3.63. The molecule has 0 saturated heterocycles. The van der Waals surface area contributed by atoms with Crippen molar-refractivity contribution >= 4 is 17.7 Å². The Balaban J connectivity index is -0.000000330. The summed E-state index contributed by atoms with van der Waals surface area (Å²) < 4.78 is 4.65. The number of allylic oxidation sites excluding steroid dienone is 1. The monoisotopic (exact) mass is 593 g/mol. The van der Waals surface area contributed by atoms with Gasteiger partial charge in [0.05, 0.1) is 5.76 Å². The molecule has 2 N–H and O–H groups in total. The fourth-order valence-corrected chi connectivity index (χ4v) is 5.02. The Bertz CT molecular complexity index is 803. The van der Waals surface area contributed by atoms with Crippen molar-refractivity contribution in [1.82, 2.24) is 5.48 Å². The Labute approximate surface area is 260 Å². The number of amides is 1. The molecule has 240 valence electrons. The quantitative estimate of drug-likeness (QED) is 0.0832. The summed E-state index contributed by atoms with van der Waals surface area (Å²) in [6.45, 7) is 32.0. The van der Waals surface area contributed by atoms with Gasteiger partial charge in [-0.25, -0.2) is 5.48 Å². The van der Waals surface area contributed by atoms with E-state index in [2.05, 4.69) is 70.4 Å². The smallest absolute Gasteiger partial charge is 0.259 e. The molecule has 0 fully saturated rings. The molecule has 0 aliphatic rings. The lowest BCUT2D eigenvalue weighted by Gasteiger charge is -2.31. The van der Waals surface area contributed by atoms with Crippen LogP contribution in [0.15, 0.2) is 41.5 Å². The highest BCUT2D eigenvalue weighted by atomic mass is 32.2. The van der Waals surface area contributed by atoms with E-state index in [1.54, 1.807) is 11.8 Å². The van der Waals surface area contributed by atoms with Gasteiger partial charge in [0.1, 0.15) is 10.3 Å². The zero-order valence-electron chi connectivity index (χ0n) is 29.4. The third-order valence-corrected chi connectivity index (χ3v) is 7.01. The Hall–Kier alpha value is -1.90. The molecule has 2 unspecified atom stereocenters. The van der Waals surface area contributed by atoms with Crippen molar-refractivity contribution in [1.29, 1.82) is 0 Å². The largest absolute Gasteiger partial charge is 0.493 e. The lowest BCUT2D eigenvalue weighted by Crippen LogP contribution is -2.43. The van der Waals surface area contributed by atoms with Gasteiger partial charge < -0.3 is 4.74 Å². The van der Waals surface area contributed by atoms with Crippen LogP contribution in [0.1, 0.15) is 147 Å². The summed E-state index contributed by atoms with van der Waals surface area (Å²) in [5.41, 5.74) is 3.18. The first kappa shape index (κ1) is 46.1. The number of hydrogen-bond donors (Lipinski definition) is 2. The van der Waals surface area contributed by atoms with E-state index in [0.29, 0.717) is 5.92 Å². The molecule has 41 heavy (non-hydrogen) atoms. The molecule has 0 saturated carbocycles. The van der Waals surface area contributed by atoms with E-state index in [1.165, 1.54) is 5.56 Å². The molecule has 0 aliphatic carbocycles. The number of ether oxygens (including phenoxy) is 1. The zero-order chi connectivity index (χ0) is 32.9. The van der Waals surface area contributed by atoms with Crippen LogP contribution in [0.25, 0.3) is 0 Å². The molecule has 0 aromatic heterocycles. The second-order valence-electron chi connectivity index (χ2n) is 10.4. The van der Waals surface area contributed by atoms with Gasteiger partial charge in [-0.2, -0.15) is 0 Å². The van der Waals surface area contributed by atoms with E-state index in [1.807, 2.05) is 74.7 Å². The number of hydrogen-bond acceptors (Lipinski definition) is 4. The van der Waals surface area contributed by atoms with E-state index in [-0.39, 0.29) is 11.5 Å². The van der Waals surface area contributed by atoms with Gasteiger partial charge in [-0.1, -0.05) is 100 Å². The molecule has 2 atom stereocenters. The topological polar surface area (TPSA) is 58.6 Å². The molecular weight excluding hydrogens is 526 g/mol. The Morgan fingerprint density at radius 1 is 1.02 bits per heavy atom. The molecule has 0 spiro atoms. The average molecular weight is 594 g/mol. The molecule has 0 aliphatic heterocycles. The van der Waals surface area contributed by atoms with Crippen molar-refractivity contribution in [3.63, 3.8) is 0 Å². The van der Waals surface area contributed by atoms with Crippen LogP contribution in [-0.4, -0.2) is 21.5 Å². The molecule has 1 aromatic carbocycles. The highest BCUT2D eigenvalue weighted by Gasteiger charge is 2.38. The Morgan fingerprint density at radius 3 is 1.85 bits per heavy atom. The molecule has 1 amide bonds. The van der Waals surface area contributed by atoms with Gasteiger partial charge in [0.2, 0.25) is 0 Å². The maximum Gasteiger partial charge on any atom is 0.259 e. The van der Waals surface area contributed by atoms with E-state index in [4.69, 9.17) is 4.74 Å². The van der Waals surface area contributed by atoms with Gasteiger partial charge in [0.15, 0.2) is 0 Å². The van der Waals surface area contributed by atoms with Crippen LogP contribution in [0.2, 0.25) is 0 Å². The SMILES string of the molecule is C=C(C)OC(C)(C)C.CC.CC.CC#CCC.CCCc1ccc(SC(CCC)(CCC(C)CC)C(=O)NO)cc1. The molecule has 1 aromatic rings. The number of carbonyl (C=O) groups is 1. The van der Waals surface area contributed by atoms with Gasteiger partial charge in [-0.3, -0.25) is 10.0 Å². The standard InChI is InChI=1S/C20H33NO2S.C7H14O.C5H8.2C2H6/c1-5-8-17-9-11-18(12-10-17)24-20(14-6-2,19(22)21-23)15-13-16(4)7-3;1-6(2)8-7(3,4)5;1-3-5-4-2;2*1-2/h9-12,16,23H,5-8,13-15H2,1-4H3,(H,21,22);1H2,2-5H3;3H2,1-2H3;2*1-2H3. The summed E-state index contributed by atoms with van der Waals surface area (Å²) in [5, 5.41) is 9.30. The van der Waals surface area contributed by atoms with Gasteiger partial charge in [0.25, 0.3) is 5.91 Å². The first-order chi connectivity index (χ1) is 19.3. The van der Waals surface area contributed by atoms with E-state index >= 15 is 0 Å². The van der Waals surface area contributed by atoms with Gasteiger partial charge >= 0.3 is 0 Å². The minimum Gasteiger partial charge on any atom is -0.493 e. The van der Waals surface area contributed by atoms with Crippen LogP contribution in [0.4, 0.5) is 0 Å². The predicted molar refractivity (Wildman–Crippen MR) is 185 cm³/mol. The van der Waals surface area contributed by atoms with Gasteiger partial charge in [-0.15, -0.1) is 23.6 Å². The molecule has 0 bridgehead atoms. The summed E-state index contributed by atoms with van der Waals surface area (Å²) in [6, 6.07) is 8.50. The molecule has 4 nitrogen and oxygen atoms in total. The summed E-state index contributed by atoms with van der Waals surface area (Å²) in [4.78, 5) is 13.6. The van der Waals surface area contributed by atoms with Crippen molar-refractivity contribution in [3.05, 3.63) is 42.2 Å². The van der Waals surface area contributed by atoms with Gasteiger partial charge in [0, 0.05) is 11.3 Å². The molecule has 0 heterocycles. The number of hydroxylamine groups is 1. The summed E-state index contributed by atoms with van der Waals surface area (Å²) >= 11 is 1.60. The fraction of sp³-hybridized carbons (Fsp3) is 0.694. The second kappa shape index (κ2) is 29.6. The van der Waals surface area contributed by atoms with E-state index in [9.17, 15) is 10.0 Å². The first-order valence-electron chi connectivity index (χ1n) is 15.8. The number of nitrogens with one attached hydrogen (secondary N) is 1. The molecule has 0 radical (unpaired) electrons. The Kier molecular flexibility index (Phi) is 33.2. The minimum absolute atomic E-state index is 0.0775. The van der Waals surface area contributed by atoms with Crippen LogP contribution in [0.5, 0.6) is 0 Å². The van der Waals surface area contributed by atoms with Gasteiger partial charge in [-0.05, 0) is 83.9 Å². The van der Waals surface area contributed by atoms with Crippen molar-refractivity contribution in [2.24, 2.45) is 5.92 Å². The van der Waals surface area contributed by atoms with Crippen LogP contribution < -0.4 is 5.48 Å². The van der Waals surface area contributed by atoms with Crippen LogP contribution >= 0.6 is 11.8 Å². The molecular formula is C36H67NO3S. The number of aryl methyl sites for hydroxylation is 1. The van der Waals surface area contributed by atoms with Crippen molar-refractivity contribution in [2.75, 3.05) is 0 Å². The normalized spacial score (nSPS) is 11.8. The third kappa shape index (κ3) is 26.7. The zero-order valence-corrected chi connectivity index (χ0v) is 30.2. The summed E-state index contributed by atoms with van der Waals surface area (Å²) in [7, 11) is 0. The van der Waals surface area contributed by atoms with Crippen molar-refractivity contribution in [2.45, 2.75) is 164 Å². The summed E-state index contributed by atoms with van der Waals surface area (Å²) in [6.07, 6.45) is 7.75. The number of benzene rings is 1. The van der Waals surface area contributed by atoms with E-state index < -0.39 is 4.75 Å². The van der Waals surface area contributed by atoms with Crippen LogP contribution in [0, 0.1) is 17.8 Å². The lowest BCUT2D eigenvalue weighted by atomic mass is 9.91. The number of thioether (sulfide) groups is 1. The third-order valence-electron chi connectivity index (χ3n) is 5.52. The predicted octanol–water partition coefficient (Wildman–Crippen LogP) is 11.4. The minimum atomic E-state index is -0.598. The Morgan fingerprint density at radius 2 is 1.56 bits per heavy atom. The number of rotatable bonds is 12. The average Bonchev–Trinajstić information content (AvgIpc) is 2.94. The first-order valence-corrected chi connectivity index (χ1v) is 16.6. The molecule has 5 heteroatoms. The van der Waals surface area contributed by atoms with Crippen molar-refractivity contribution < 1.29 is 14.7 Å². The maximum atomic E-state index is 12.5. The second-order valence-corrected chi connectivity index (χ2v) is 11.9. The van der Waals surface area contributed by atoms with E-state index in [0.717, 1.165) is 62.0 Å². The molecule has 1 rings (SSSR count). The van der Waals surface area contributed by atoms with Crippen LogP contribution in [0.3, 0.4) is 0 Å². The summed E-state index contributed by atoms with van der Waals surface area (Å²) in [5.74, 6) is 6.72. The van der Waals surface area contributed by atoms with Crippen molar-refractivity contribution in [3.8, 4) is 11.8 Å². The highest BCUT2D eigenvalue weighted by Crippen LogP contribution is 2.41. The highest BCUT2D eigenvalue weighted by molar-refractivity contribution is 8.01. The maximum absolute atomic E-state index is 12.5. The lowest BCUT2D eigenvalue weighted by molar-refractivity contribution is -0.132. The van der Waals surface area contributed by atoms with Crippen LogP contribution in [-0.2, 0) is 16.0 Å². The number of carbonyl (C=O) groups excluding carboxylic acids is 1.